The Hall–Kier alpha value is -1.15. The molecule has 0 saturated carbocycles. The van der Waals surface area contributed by atoms with Gasteiger partial charge in [-0.05, 0) is 0 Å². The van der Waals surface area contributed by atoms with Crippen molar-refractivity contribution in [2.24, 2.45) is 5.16 Å². The summed E-state index contributed by atoms with van der Waals surface area (Å²) in [6.07, 6.45) is 0.964. The van der Waals surface area contributed by atoms with Crippen molar-refractivity contribution >= 4 is 38.9 Å². The Morgan fingerprint density at radius 1 is 1.44 bits per heavy atom. The fourth-order valence-electron chi connectivity index (χ4n) is 0.628. The van der Waals surface area contributed by atoms with Crippen LogP contribution in [0.2, 0.25) is 0 Å². The molecule has 0 aromatic carbocycles. The molecule has 0 unspecified atom stereocenters. The largest absolute Gasteiger partial charge is 0.460 e. The number of alkyl halides is 1. The Labute approximate surface area is 96.9 Å². The lowest BCUT2D eigenvalue weighted by atomic mass is 10.3. The molecule has 0 fully saturated rings. The van der Waals surface area contributed by atoms with Crippen LogP contribution in [0.25, 0.3) is 0 Å². The van der Waals surface area contributed by atoms with Gasteiger partial charge in [-0.2, -0.15) is 0 Å². The summed E-state index contributed by atoms with van der Waals surface area (Å²) in [7, 11) is -3.27. The van der Waals surface area contributed by atoms with E-state index >= 15 is 0 Å². The number of ketones is 1. The van der Waals surface area contributed by atoms with Crippen LogP contribution in [0, 0.1) is 0 Å². The molecule has 0 aromatic rings. The van der Waals surface area contributed by atoms with E-state index in [0.29, 0.717) is 0 Å². The van der Waals surface area contributed by atoms with Gasteiger partial charge >= 0.3 is 5.97 Å². The van der Waals surface area contributed by atoms with Crippen molar-refractivity contribution < 1.29 is 28.0 Å². The fraction of sp³-hybridized carbons (Fsp3) is 0.571. The molecule has 0 radical (unpaired) electrons. The number of Topliss-reactive ketones (excluding diaryl/α,β-unsaturated/α-hetero) is 1. The molecule has 0 saturated heterocycles. The Bertz CT molecular complexity index is 401. The molecular weight excluding hydrogens is 262 g/mol. The molecule has 0 aliphatic carbocycles. The maximum Gasteiger partial charge on any atom is 0.364 e. The van der Waals surface area contributed by atoms with Crippen molar-refractivity contribution in [3.05, 3.63) is 0 Å². The number of carbonyl (C=O) groups is 2. The molecule has 1 N–H and O–H groups in total. The zero-order chi connectivity index (χ0) is 12.8. The van der Waals surface area contributed by atoms with Gasteiger partial charge in [0.1, 0.15) is 6.61 Å². The van der Waals surface area contributed by atoms with E-state index in [4.69, 9.17) is 16.8 Å². The van der Waals surface area contributed by atoms with Crippen molar-refractivity contribution in [2.45, 2.75) is 0 Å². The molecule has 0 atom stereocenters. The minimum atomic E-state index is -3.27. The number of esters is 1. The Morgan fingerprint density at radius 2 is 2.00 bits per heavy atom. The van der Waals surface area contributed by atoms with Crippen LogP contribution in [0.3, 0.4) is 0 Å². The molecule has 0 bridgehead atoms. The van der Waals surface area contributed by atoms with E-state index in [2.05, 4.69) is 9.89 Å². The summed E-state index contributed by atoms with van der Waals surface area (Å²) < 4.78 is 25.8. The van der Waals surface area contributed by atoms with Crippen molar-refractivity contribution in [1.82, 2.24) is 0 Å². The van der Waals surface area contributed by atoms with Crippen LogP contribution < -0.4 is 0 Å². The zero-order valence-electron chi connectivity index (χ0n) is 8.34. The minimum absolute atomic E-state index is 0.382. The number of oxime groups is 1. The highest BCUT2D eigenvalue weighted by molar-refractivity contribution is 7.90. The lowest BCUT2D eigenvalue weighted by Gasteiger charge is -2.03. The Morgan fingerprint density at radius 3 is 2.38 bits per heavy atom. The highest BCUT2D eigenvalue weighted by Crippen LogP contribution is 1.92. The van der Waals surface area contributed by atoms with E-state index in [1.807, 2.05) is 0 Å². The third kappa shape index (κ3) is 5.66. The van der Waals surface area contributed by atoms with Gasteiger partial charge in [0.05, 0.1) is 11.6 Å². The first-order chi connectivity index (χ1) is 7.31. The van der Waals surface area contributed by atoms with Gasteiger partial charge in [0.25, 0.3) is 0 Å². The lowest BCUT2D eigenvalue weighted by molar-refractivity contribution is -0.135. The van der Waals surface area contributed by atoms with E-state index < -0.39 is 39.8 Å². The quantitative estimate of drug-likeness (QED) is 0.169. The van der Waals surface area contributed by atoms with Crippen LogP contribution in [-0.2, 0) is 24.2 Å². The van der Waals surface area contributed by atoms with E-state index in [-0.39, 0.29) is 5.75 Å². The standard InChI is InChI=1S/C7H10ClNO6S/c1-16(13,14)3-2-15-7(11)6(9-12)5(10)4-8/h12H,2-4H2,1H3. The van der Waals surface area contributed by atoms with Gasteiger partial charge in [-0.15, -0.1) is 11.6 Å². The van der Waals surface area contributed by atoms with Crippen LogP contribution in [0.5, 0.6) is 0 Å². The number of hydrogen-bond acceptors (Lipinski definition) is 7. The van der Waals surface area contributed by atoms with Crippen LogP contribution in [0.1, 0.15) is 0 Å². The monoisotopic (exact) mass is 271 g/mol. The summed E-state index contributed by atoms with van der Waals surface area (Å²) in [6.45, 7) is -0.424. The Balaban J connectivity index is 4.31. The first-order valence-electron chi connectivity index (χ1n) is 3.98. The summed E-state index contributed by atoms with van der Waals surface area (Å²) in [5, 5.41) is 10.8. The summed E-state index contributed by atoms with van der Waals surface area (Å²) >= 11 is 5.13. The summed E-state index contributed by atoms with van der Waals surface area (Å²) in [4.78, 5) is 22.0. The number of nitrogens with zero attached hydrogens (tertiary/aromatic N) is 1. The second kappa shape index (κ2) is 6.44. The van der Waals surface area contributed by atoms with Gasteiger partial charge in [0.15, 0.2) is 9.84 Å². The smallest absolute Gasteiger partial charge is 0.364 e. The van der Waals surface area contributed by atoms with E-state index in [1.165, 1.54) is 0 Å². The third-order valence-electron chi connectivity index (χ3n) is 1.37. The summed E-state index contributed by atoms with van der Waals surface area (Å²) in [5.41, 5.74) is -0.858. The predicted molar refractivity (Wildman–Crippen MR) is 55.6 cm³/mol. The number of ether oxygens (including phenoxy) is 1. The molecule has 0 aliphatic rings. The van der Waals surface area contributed by atoms with E-state index in [9.17, 15) is 18.0 Å². The molecule has 0 aliphatic heterocycles. The van der Waals surface area contributed by atoms with Gasteiger partial charge in [0.2, 0.25) is 11.5 Å². The normalized spacial score (nSPS) is 12.2. The highest BCUT2D eigenvalue weighted by Gasteiger charge is 2.22. The minimum Gasteiger partial charge on any atom is -0.460 e. The molecule has 0 aromatic heterocycles. The van der Waals surface area contributed by atoms with Gasteiger partial charge in [-0.1, -0.05) is 5.16 Å². The van der Waals surface area contributed by atoms with Gasteiger partial charge < -0.3 is 9.94 Å². The molecule has 0 amide bonds. The molecule has 9 heteroatoms. The summed E-state index contributed by atoms with van der Waals surface area (Å²) in [5.74, 6) is -3.04. The number of carbonyl (C=O) groups excluding carboxylic acids is 2. The number of rotatable bonds is 6. The van der Waals surface area contributed by atoms with Gasteiger partial charge in [-0.25, -0.2) is 13.2 Å². The van der Waals surface area contributed by atoms with Crippen molar-refractivity contribution in [3.8, 4) is 0 Å². The predicted octanol–water partition coefficient (Wildman–Crippen LogP) is -0.788. The van der Waals surface area contributed by atoms with Crippen molar-refractivity contribution in [1.29, 1.82) is 0 Å². The molecule has 16 heavy (non-hydrogen) atoms. The Kier molecular flexibility index (Phi) is 5.97. The van der Waals surface area contributed by atoms with Crippen molar-refractivity contribution in [3.63, 3.8) is 0 Å². The molecular formula is C7H10ClNO6S. The highest BCUT2D eigenvalue weighted by atomic mass is 35.5. The molecule has 92 valence electrons. The average Bonchev–Trinajstić information content (AvgIpc) is 2.16. The van der Waals surface area contributed by atoms with Crippen LogP contribution in [0.4, 0.5) is 0 Å². The van der Waals surface area contributed by atoms with Gasteiger partial charge in [-0.3, -0.25) is 4.79 Å². The second-order valence-corrected chi connectivity index (χ2v) is 5.30. The second-order valence-electron chi connectivity index (χ2n) is 2.77. The van der Waals surface area contributed by atoms with E-state index in [0.717, 1.165) is 6.26 Å². The molecule has 0 spiro atoms. The van der Waals surface area contributed by atoms with Crippen LogP contribution in [-0.4, -0.2) is 55.6 Å². The summed E-state index contributed by atoms with van der Waals surface area (Å²) in [6, 6.07) is 0. The lowest BCUT2D eigenvalue weighted by Crippen LogP contribution is -2.28. The first kappa shape index (κ1) is 14.8. The fourth-order valence-corrected chi connectivity index (χ4v) is 1.14. The number of hydrogen-bond donors (Lipinski definition) is 1. The SMILES string of the molecule is CS(=O)(=O)CCOC(=O)C(=NO)C(=O)CCl. The topological polar surface area (TPSA) is 110 Å². The number of halogens is 1. The van der Waals surface area contributed by atoms with Crippen molar-refractivity contribution in [2.75, 3.05) is 24.5 Å². The average molecular weight is 272 g/mol. The zero-order valence-corrected chi connectivity index (χ0v) is 9.92. The van der Waals surface area contributed by atoms with Crippen LogP contribution in [0.15, 0.2) is 5.16 Å². The van der Waals surface area contributed by atoms with E-state index in [1.54, 1.807) is 0 Å². The first-order valence-corrected chi connectivity index (χ1v) is 6.57. The number of sulfone groups is 1. The molecule has 0 heterocycles. The van der Waals surface area contributed by atoms with Gasteiger partial charge in [0, 0.05) is 6.26 Å². The third-order valence-corrected chi connectivity index (χ3v) is 2.52. The van der Waals surface area contributed by atoms with Crippen LogP contribution >= 0.6 is 11.6 Å². The maximum absolute atomic E-state index is 11.1. The maximum atomic E-state index is 11.1. The molecule has 7 nitrogen and oxygen atoms in total. The molecule has 0 rings (SSSR count).